The quantitative estimate of drug-likeness (QED) is 0.344. The Morgan fingerprint density at radius 1 is 1.05 bits per heavy atom. The van der Waals surface area contributed by atoms with Gasteiger partial charge in [-0.2, -0.15) is 10.0 Å². The van der Waals surface area contributed by atoms with Crippen LogP contribution in [0.25, 0.3) is 0 Å². The number of nitrogens with zero attached hydrogens (tertiary/aromatic N) is 2. The Labute approximate surface area is 131 Å². The van der Waals surface area contributed by atoms with E-state index in [1.807, 2.05) is 12.1 Å². The molecule has 1 aliphatic carbocycles. The number of nitrogen functional groups attached to an aromatic ring is 1. The summed E-state index contributed by atoms with van der Waals surface area (Å²) in [5, 5.41) is 25.2. The monoisotopic (exact) mass is 399 g/mol. The fourth-order valence-corrected chi connectivity index (χ4v) is 2.22. The lowest BCUT2D eigenvalue weighted by molar-refractivity contribution is -0.377. The van der Waals surface area contributed by atoms with Crippen LogP contribution < -0.4 is 11.2 Å². The van der Waals surface area contributed by atoms with E-state index in [9.17, 15) is 10.4 Å². The van der Waals surface area contributed by atoms with Gasteiger partial charge in [-0.05, 0) is 56.1 Å². The summed E-state index contributed by atoms with van der Waals surface area (Å²) >= 11 is 6.70. The van der Waals surface area contributed by atoms with Gasteiger partial charge in [-0.25, -0.2) is 0 Å². The largest absolute Gasteiger partial charge is 0.612 e. The van der Waals surface area contributed by atoms with Crippen LogP contribution in [0, 0.1) is 10.4 Å². The van der Waals surface area contributed by atoms with Crippen molar-refractivity contribution in [2.24, 2.45) is 5.10 Å². The topological polar surface area (TPSA) is 99.5 Å². The zero-order valence-corrected chi connectivity index (χ0v) is 13.2. The normalized spacial score (nSPS) is 13.5. The molecule has 0 atom stereocenters. The highest BCUT2D eigenvalue weighted by Crippen LogP contribution is 2.34. The molecule has 0 spiro atoms. The van der Waals surface area contributed by atoms with Crippen molar-refractivity contribution in [2.75, 3.05) is 11.2 Å². The molecule has 0 saturated carbocycles. The molecule has 1 aromatic rings. The lowest BCUT2D eigenvalue weighted by atomic mass is 10.1. The van der Waals surface area contributed by atoms with E-state index in [1.54, 1.807) is 12.2 Å². The predicted molar refractivity (Wildman–Crippen MR) is 87.6 cm³/mol. The molecular formula is C12H9Br2N4O2-. The van der Waals surface area contributed by atoms with Crippen LogP contribution in [-0.4, -0.2) is 16.3 Å². The highest BCUT2D eigenvalue weighted by atomic mass is 79.9. The van der Waals surface area contributed by atoms with Crippen molar-refractivity contribution < 1.29 is 4.90 Å². The molecule has 6 nitrogen and oxygen atoms in total. The van der Waals surface area contributed by atoms with Crippen molar-refractivity contribution in [2.45, 2.75) is 0 Å². The first-order chi connectivity index (χ1) is 9.49. The van der Waals surface area contributed by atoms with Gasteiger partial charge in [0.25, 0.3) is 0 Å². The Morgan fingerprint density at radius 3 is 2.25 bits per heavy atom. The molecule has 3 N–H and O–H groups in total. The number of anilines is 2. The highest BCUT2D eigenvalue weighted by molar-refractivity contribution is 9.11. The van der Waals surface area contributed by atoms with Crippen LogP contribution >= 0.6 is 31.9 Å². The van der Waals surface area contributed by atoms with Crippen LogP contribution in [0.1, 0.15) is 0 Å². The van der Waals surface area contributed by atoms with Gasteiger partial charge in [0.05, 0.1) is 17.1 Å². The fraction of sp³-hybridized carbons (Fsp3) is 0. The van der Waals surface area contributed by atoms with E-state index in [2.05, 4.69) is 42.4 Å². The molecule has 0 unspecified atom stereocenters. The number of hydrazone groups is 1. The van der Waals surface area contributed by atoms with Gasteiger partial charge in [-0.3, -0.25) is 5.43 Å². The smallest absolute Gasteiger partial charge is 0.222 e. The van der Waals surface area contributed by atoms with Crippen LogP contribution in [0.15, 0.2) is 50.5 Å². The van der Waals surface area contributed by atoms with Crippen molar-refractivity contribution in [1.82, 2.24) is 0 Å². The van der Waals surface area contributed by atoms with E-state index in [4.69, 9.17) is 5.73 Å². The zero-order chi connectivity index (χ0) is 14.7. The first-order valence-electron chi connectivity index (χ1n) is 5.43. The van der Waals surface area contributed by atoms with Crippen molar-refractivity contribution in [3.05, 3.63) is 55.8 Å². The van der Waals surface area contributed by atoms with E-state index in [-0.39, 0.29) is 5.71 Å². The average Bonchev–Trinajstić information content (AvgIpc) is 2.43. The molecule has 0 heterocycles. The highest BCUT2D eigenvalue weighted by Gasteiger charge is 2.08. The molecule has 0 bridgehead atoms. The minimum absolute atomic E-state index is 0.0205. The second-order valence-corrected chi connectivity index (χ2v) is 5.52. The summed E-state index contributed by atoms with van der Waals surface area (Å²) < 4.78 is 1.52. The molecule has 0 saturated heterocycles. The Bertz CT molecular complexity index is 644. The van der Waals surface area contributed by atoms with Crippen molar-refractivity contribution in [3.8, 4) is 0 Å². The Kier molecular flexibility index (Phi) is 4.46. The van der Waals surface area contributed by atoms with Crippen LogP contribution in [0.4, 0.5) is 11.4 Å². The zero-order valence-electron chi connectivity index (χ0n) is 10.0. The standard InChI is InChI=1S/C12H9Br2N4O2/c13-9-5-6-10(14)12(11(9)15)17-16-7-1-3-8(4-2-7)18(19)20/h1-6,17H,15H2/q-1. The number of nitrogens with one attached hydrogen (secondary N) is 1. The average molecular weight is 401 g/mol. The summed E-state index contributed by atoms with van der Waals surface area (Å²) in [6.45, 7) is 0. The maximum atomic E-state index is 10.5. The van der Waals surface area contributed by atoms with Crippen molar-refractivity contribution in [3.63, 3.8) is 0 Å². The third-order valence-electron chi connectivity index (χ3n) is 2.50. The molecular weight excluding hydrogens is 392 g/mol. The second kappa shape index (κ2) is 6.10. The maximum absolute atomic E-state index is 10.5. The molecule has 20 heavy (non-hydrogen) atoms. The van der Waals surface area contributed by atoms with Crippen molar-refractivity contribution in [1.29, 1.82) is 0 Å². The number of nitrogens with two attached hydrogens (primary N) is 1. The number of hydrogen-bond acceptors (Lipinski definition) is 5. The number of allylic oxidation sites excluding steroid dienone is 4. The first kappa shape index (κ1) is 14.6. The minimum atomic E-state index is -0.458. The molecule has 0 fully saturated rings. The van der Waals surface area contributed by atoms with Gasteiger partial charge in [-0.15, -0.1) is 0 Å². The van der Waals surface area contributed by atoms with Gasteiger partial charge in [-0.1, -0.05) is 0 Å². The second-order valence-electron chi connectivity index (χ2n) is 3.81. The number of hydrogen-bond donors (Lipinski definition) is 2. The molecule has 104 valence electrons. The van der Waals surface area contributed by atoms with Crippen LogP contribution in [-0.2, 0) is 0 Å². The Hall–Kier alpha value is -1.80. The van der Waals surface area contributed by atoms with Gasteiger partial charge >= 0.3 is 0 Å². The van der Waals surface area contributed by atoms with Crippen LogP contribution in [0.2, 0.25) is 0 Å². The predicted octanol–water partition coefficient (Wildman–Crippen LogP) is 3.14. The summed E-state index contributed by atoms with van der Waals surface area (Å²) in [6.07, 6.45) is 5.88. The summed E-state index contributed by atoms with van der Waals surface area (Å²) in [7, 11) is 0. The number of benzene rings is 1. The maximum Gasteiger partial charge on any atom is 0.222 e. The van der Waals surface area contributed by atoms with Crippen molar-refractivity contribution >= 4 is 54.7 Å². The number of rotatable bonds is 2. The van der Waals surface area contributed by atoms with Gasteiger partial charge in [0, 0.05) is 21.1 Å². The lowest BCUT2D eigenvalue weighted by Gasteiger charge is -2.10. The Balaban J connectivity index is 2.21. The first-order valence-corrected chi connectivity index (χ1v) is 7.02. The molecule has 2 rings (SSSR count). The fourth-order valence-electron chi connectivity index (χ4n) is 1.45. The van der Waals surface area contributed by atoms with Gasteiger partial charge in [0.1, 0.15) is 0 Å². The molecule has 1 aliphatic rings. The SMILES string of the molecule is Nc1c(Br)ccc(Br)c1NN=C1C=CC(=[N+]([O-])[O-])C=C1. The molecule has 1 aromatic carbocycles. The van der Waals surface area contributed by atoms with E-state index in [1.165, 1.54) is 12.2 Å². The van der Waals surface area contributed by atoms with Gasteiger partial charge < -0.3 is 16.1 Å². The van der Waals surface area contributed by atoms with Crippen LogP contribution in [0.5, 0.6) is 0 Å². The van der Waals surface area contributed by atoms with E-state index in [0.717, 1.165) is 8.95 Å². The summed E-state index contributed by atoms with van der Waals surface area (Å²) in [6, 6.07) is 3.64. The third-order valence-corrected chi connectivity index (χ3v) is 3.85. The summed E-state index contributed by atoms with van der Waals surface area (Å²) in [5.41, 5.74) is 10.5. The molecule has 0 radical (unpaired) electrons. The molecule has 0 aliphatic heterocycles. The van der Waals surface area contributed by atoms with Gasteiger partial charge in [0.15, 0.2) is 0 Å². The molecule has 8 heteroatoms. The van der Waals surface area contributed by atoms with Crippen LogP contribution in [0.3, 0.4) is 0 Å². The minimum Gasteiger partial charge on any atom is -0.612 e. The summed E-state index contributed by atoms with van der Waals surface area (Å²) in [4.78, 5) is -0.458. The van der Waals surface area contributed by atoms with E-state index in [0.29, 0.717) is 17.1 Å². The number of halogens is 2. The van der Waals surface area contributed by atoms with E-state index >= 15 is 0 Å². The van der Waals surface area contributed by atoms with E-state index < -0.39 is 4.90 Å². The van der Waals surface area contributed by atoms with Gasteiger partial charge in [0.2, 0.25) is 5.71 Å². The molecule has 0 amide bonds. The molecule has 0 aromatic heterocycles. The summed E-state index contributed by atoms with van der Waals surface area (Å²) in [5.74, 6) is 0. The lowest BCUT2D eigenvalue weighted by Crippen LogP contribution is -2.10. The Morgan fingerprint density at radius 2 is 1.65 bits per heavy atom. The third kappa shape index (κ3) is 3.20.